The zero-order chi connectivity index (χ0) is 39.2. The number of para-hydroxylation sites is 2. The van der Waals surface area contributed by atoms with E-state index in [0.29, 0.717) is 5.92 Å². The number of rotatable bonds is 5. The van der Waals surface area contributed by atoms with Gasteiger partial charge in [-0.25, -0.2) is 0 Å². The number of hydrogen-bond acceptors (Lipinski definition) is 1. The summed E-state index contributed by atoms with van der Waals surface area (Å²) in [7, 11) is 0. The molecular formula is C56H42N2O. The van der Waals surface area contributed by atoms with Crippen LogP contribution >= 0.6 is 0 Å². The van der Waals surface area contributed by atoms with Crippen LogP contribution in [-0.4, -0.2) is 9.13 Å². The minimum absolute atomic E-state index is 0.0318. The monoisotopic (exact) mass is 758 g/mol. The summed E-state index contributed by atoms with van der Waals surface area (Å²) in [6.45, 7) is 4.89. The molecule has 3 unspecified atom stereocenters. The van der Waals surface area contributed by atoms with Crippen molar-refractivity contribution in [3.63, 3.8) is 0 Å². The highest BCUT2D eigenvalue weighted by atomic mass is 16.3. The van der Waals surface area contributed by atoms with Crippen molar-refractivity contribution >= 4 is 65.6 Å². The van der Waals surface area contributed by atoms with E-state index < -0.39 is 0 Å². The summed E-state index contributed by atoms with van der Waals surface area (Å²) >= 11 is 0. The quantitative estimate of drug-likeness (QED) is 0.160. The van der Waals surface area contributed by atoms with Crippen LogP contribution < -0.4 is 0 Å². The fourth-order valence-electron chi connectivity index (χ4n) is 10.4. The predicted octanol–water partition coefficient (Wildman–Crippen LogP) is 15.2. The Morgan fingerprint density at radius 2 is 1.15 bits per heavy atom. The molecule has 0 aliphatic heterocycles. The number of hydrogen-bond donors (Lipinski definition) is 0. The summed E-state index contributed by atoms with van der Waals surface area (Å²) in [4.78, 5) is 0. The fourth-order valence-corrected chi connectivity index (χ4v) is 10.4. The zero-order valence-corrected chi connectivity index (χ0v) is 33.1. The molecule has 1 aliphatic carbocycles. The van der Waals surface area contributed by atoms with Gasteiger partial charge in [0.05, 0.1) is 22.5 Å². The van der Waals surface area contributed by atoms with Crippen LogP contribution in [0.2, 0.25) is 0 Å². The number of allylic oxidation sites excluding steroid dienone is 2. The number of nitrogens with zero attached hydrogens (tertiary/aromatic N) is 2. The highest BCUT2D eigenvalue weighted by molar-refractivity contribution is 6.25. The molecule has 3 heterocycles. The smallest absolute Gasteiger partial charge is 0.137 e. The Balaban J connectivity index is 1.05. The lowest BCUT2D eigenvalue weighted by molar-refractivity contribution is 0.243. The zero-order valence-electron chi connectivity index (χ0n) is 33.1. The van der Waals surface area contributed by atoms with E-state index in [9.17, 15) is 0 Å². The van der Waals surface area contributed by atoms with Crippen LogP contribution in [-0.2, 0) is 5.41 Å². The van der Waals surface area contributed by atoms with Gasteiger partial charge in [-0.05, 0) is 101 Å². The average Bonchev–Trinajstić information content (AvgIpc) is 3.95. The molecule has 0 bridgehead atoms. The third kappa shape index (κ3) is 5.07. The summed E-state index contributed by atoms with van der Waals surface area (Å²) in [5.41, 5.74) is 14.1. The molecule has 0 fully saturated rings. The Hall–Kier alpha value is -7.10. The molecule has 282 valence electrons. The lowest BCUT2D eigenvalue weighted by atomic mass is 9.65. The van der Waals surface area contributed by atoms with Gasteiger partial charge in [0.1, 0.15) is 11.2 Å². The molecule has 0 spiro atoms. The van der Waals surface area contributed by atoms with Gasteiger partial charge in [-0.15, -0.1) is 0 Å². The molecule has 0 amide bonds. The van der Waals surface area contributed by atoms with Crippen LogP contribution in [0.5, 0.6) is 0 Å². The number of fused-ring (bicyclic) bond motifs is 10. The average molecular weight is 759 g/mol. The first-order valence-corrected chi connectivity index (χ1v) is 20.8. The first-order valence-electron chi connectivity index (χ1n) is 20.8. The molecule has 0 saturated heterocycles. The van der Waals surface area contributed by atoms with Crippen molar-refractivity contribution in [3.05, 3.63) is 200 Å². The molecule has 8 aromatic carbocycles. The topological polar surface area (TPSA) is 23.0 Å². The minimum Gasteiger partial charge on any atom is -0.456 e. The number of furan rings is 1. The van der Waals surface area contributed by atoms with E-state index in [1.54, 1.807) is 0 Å². The molecule has 3 atom stereocenters. The summed E-state index contributed by atoms with van der Waals surface area (Å²) in [6, 6.07) is 66.8. The fraction of sp³-hybridized carbons (Fsp3) is 0.107. The van der Waals surface area contributed by atoms with Gasteiger partial charge < -0.3 is 13.6 Å². The molecule has 59 heavy (non-hydrogen) atoms. The van der Waals surface area contributed by atoms with Crippen LogP contribution in [0.3, 0.4) is 0 Å². The third-order valence-corrected chi connectivity index (χ3v) is 13.6. The van der Waals surface area contributed by atoms with E-state index in [2.05, 4.69) is 217 Å². The van der Waals surface area contributed by atoms with Crippen molar-refractivity contribution in [2.75, 3.05) is 0 Å². The van der Waals surface area contributed by atoms with Gasteiger partial charge in [0.15, 0.2) is 0 Å². The van der Waals surface area contributed by atoms with E-state index in [4.69, 9.17) is 4.42 Å². The van der Waals surface area contributed by atoms with Crippen molar-refractivity contribution in [1.82, 2.24) is 9.13 Å². The third-order valence-electron chi connectivity index (χ3n) is 13.6. The second-order valence-corrected chi connectivity index (χ2v) is 16.7. The summed E-state index contributed by atoms with van der Waals surface area (Å²) < 4.78 is 11.5. The molecule has 1 aliphatic rings. The maximum absolute atomic E-state index is 6.48. The van der Waals surface area contributed by atoms with Gasteiger partial charge in [-0.1, -0.05) is 147 Å². The Labute approximate surface area is 343 Å². The van der Waals surface area contributed by atoms with Crippen LogP contribution in [0.1, 0.15) is 31.9 Å². The molecule has 0 N–H and O–H groups in total. The van der Waals surface area contributed by atoms with E-state index >= 15 is 0 Å². The summed E-state index contributed by atoms with van der Waals surface area (Å²) in [5.74, 6) is 0.389. The molecule has 0 saturated carbocycles. The van der Waals surface area contributed by atoms with Crippen molar-refractivity contribution in [3.8, 4) is 27.9 Å². The van der Waals surface area contributed by atoms with E-state index in [-0.39, 0.29) is 11.5 Å². The van der Waals surface area contributed by atoms with Crippen molar-refractivity contribution in [2.24, 2.45) is 5.92 Å². The van der Waals surface area contributed by atoms with Gasteiger partial charge in [-0.2, -0.15) is 0 Å². The lowest BCUT2D eigenvalue weighted by Gasteiger charge is -2.43. The molecule has 12 rings (SSSR count). The summed E-state index contributed by atoms with van der Waals surface area (Å²) in [6.07, 6.45) is 5.90. The normalized spacial score (nSPS) is 18.3. The van der Waals surface area contributed by atoms with Crippen molar-refractivity contribution in [2.45, 2.75) is 31.7 Å². The lowest BCUT2D eigenvalue weighted by Crippen LogP contribution is -2.37. The minimum atomic E-state index is 0.0318. The van der Waals surface area contributed by atoms with Gasteiger partial charge in [0.25, 0.3) is 0 Å². The first-order chi connectivity index (χ1) is 29.0. The Morgan fingerprint density at radius 3 is 1.97 bits per heavy atom. The number of aromatic nitrogens is 2. The molecular weight excluding hydrogens is 717 g/mol. The first kappa shape index (κ1) is 34.0. The van der Waals surface area contributed by atoms with E-state index in [1.165, 1.54) is 71.4 Å². The van der Waals surface area contributed by atoms with Crippen molar-refractivity contribution in [1.29, 1.82) is 0 Å². The molecule has 3 heteroatoms. The largest absolute Gasteiger partial charge is 0.456 e. The highest BCUT2D eigenvalue weighted by Gasteiger charge is 2.40. The Morgan fingerprint density at radius 1 is 0.508 bits per heavy atom. The van der Waals surface area contributed by atoms with Crippen LogP contribution in [0.25, 0.3) is 93.5 Å². The van der Waals surface area contributed by atoms with Crippen molar-refractivity contribution < 1.29 is 4.42 Å². The van der Waals surface area contributed by atoms with E-state index in [1.807, 2.05) is 0 Å². The number of benzene rings is 8. The second kappa shape index (κ2) is 13.0. The summed E-state index contributed by atoms with van der Waals surface area (Å²) in [5, 5.41) is 7.29. The van der Waals surface area contributed by atoms with Gasteiger partial charge in [0.2, 0.25) is 0 Å². The van der Waals surface area contributed by atoms with E-state index in [0.717, 1.165) is 34.0 Å². The SMILES string of the molecule is CC1C(n2c3ccccc3c3cc(-c4ccc5c(c4)c4ccc6oc7ccccc7c6c4n5-c4cccc(-c5ccccc5)c4)ccc32)C=CCC1(C)c1ccccc1. The molecule has 11 aromatic rings. The van der Waals surface area contributed by atoms with Crippen LogP contribution in [0.15, 0.2) is 199 Å². The Bertz CT molecular complexity index is 3450. The van der Waals surface area contributed by atoms with Gasteiger partial charge >= 0.3 is 0 Å². The highest BCUT2D eigenvalue weighted by Crippen LogP contribution is 2.48. The van der Waals surface area contributed by atoms with Crippen LogP contribution in [0.4, 0.5) is 0 Å². The molecule has 0 radical (unpaired) electrons. The van der Waals surface area contributed by atoms with Gasteiger partial charge in [0, 0.05) is 49.1 Å². The molecule has 3 nitrogen and oxygen atoms in total. The maximum Gasteiger partial charge on any atom is 0.137 e. The maximum atomic E-state index is 6.48. The predicted molar refractivity (Wildman–Crippen MR) is 248 cm³/mol. The standard InChI is InChI=1S/C56H42N2O/c1-36-48(24-14-32-56(36,2)41-18-7-4-8-19-41)58-49-23-11-9-21-43(49)46-34-39(27-30-51(46)58)40-26-29-50-47(35-40)44-28-31-53-54(45-22-10-12-25-52(45)59-53)55(44)57(50)42-20-13-17-38(33-42)37-15-5-3-6-16-37/h3-31,33-36,48H,32H2,1-2H3. The molecule has 3 aromatic heterocycles. The Kier molecular flexibility index (Phi) is 7.46. The second-order valence-electron chi connectivity index (χ2n) is 16.7. The van der Waals surface area contributed by atoms with Gasteiger partial charge in [-0.3, -0.25) is 0 Å². The van der Waals surface area contributed by atoms with Crippen LogP contribution in [0, 0.1) is 5.92 Å².